The third kappa shape index (κ3) is 3.82. The summed E-state index contributed by atoms with van der Waals surface area (Å²) in [7, 11) is 0. The lowest BCUT2D eigenvalue weighted by Crippen LogP contribution is -2.40. The van der Waals surface area contributed by atoms with Gasteiger partial charge in [0.15, 0.2) is 15.8 Å². The lowest BCUT2D eigenvalue weighted by molar-refractivity contribution is -0.120. The van der Waals surface area contributed by atoms with Gasteiger partial charge in [-0.2, -0.15) is 0 Å². The second-order valence-electron chi connectivity index (χ2n) is 4.77. The molecule has 0 saturated carbocycles. The molecule has 0 spiro atoms. The number of fused-ring (bicyclic) bond motifs is 1. The van der Waals surface area contributed by atoms with Gasteiger partial charge in [-0.15, -0.1) is 11.3 Å². The summed E-state index contributed by atoms with van der Waals surface area (Å²) in [4.78, 5) is 26.9. The van der Waals surface area contributed by atoms with Crippen LogP contribution in [-0.2, 0) is 4.79 Å². The van der Waals surface area contributed by atoms with Crippen LogP contribution < -0.4 is 10.2 Å². The summed E-state index contributed by atoms with van der Waals surface area (Å²) in [6.07, 6.45) is 3.49. The highest BCUT2D eigenvalue weighted by Gasteiger charge is 2.17. The van der Waals surface area contributed by atoms with Crippen LogP contribution in [0.1, 0.15) is 20.8 Å². The molecular weight excluding hydrogens is 306 g/mol. The molecule has 0 bridgehead atoms. The van der Waals surface area contributed by atoms with Crippen molar-refractivity contribution in [3.05, 3.63) is 6.33 Å². The van der Waals surface area contributed by atoms with E-state index in [9.17, 15) is 4.79 Å². The van der Waals surface area contributed by atoms with Gasteiger partial charge in [-0.25, -0.2) is 15.0 Å². The summed E-state index contributed by atoms with van der Waals surface area (Å²) in [6.45, 7) is 6.89. The van der Waals surface area contributed by atoms with E-state index in [0.29, 0.717) is 12.2 Å². The quantitative estimate of drug-likeness (QED) is 0.821. The molecule has 8 heteroatoms. The highest BCUT2D eigenvalue weighted by molar-refractivity contribution is 8.00. The Bertz CT molecular complexity index is 628. The van der Waals surface area contributed by atoms with Crippen LogP contribution in [0.4, 0.5) is 5.82 Å². The maximum Gasteiger partial charge on any atom is 0.239 e. The van der Waals surface area contributed by atoms with Crippen LogP contribution >= 0.6 is 23.1 Å². The first-order valence-electron chi connectivity index (χ1n) is 6.75. The van der Waals surface area contributed by atoms with E-state index in [4.69, 9.17) is 0 Å². The van der Waals surface area contributed by atoms with Crippen LogP contribution in [0.2, 0.25) is 0 Å². The van der Waals surface area contributed by atoms with E-state index >= 15 is 0 Å². The summed E-state index contributed by atoms with van der Waals surface area (Å²) in [5.74, 6) is 0.771. The standard InChI is InChI=1S/C13H19N5OS2/c1-5-18(6-9(19)16-8(2)3)12-10-11(14-7-15-12)17-13(20-4)21-10/h7-8H,5-6H2,1-4H3,(H,16,19). The lowest BCUT2D eigenvalue weighted by atomic mass is 10.3. The number of nitrogens with one attached hydrogen (secondary N) is 1. The Morgan fingerprint density at radius 2 is 2.24 bits per heavy atom. The number of aromatic nitrogens is 3. The minimum Gasteiger partial charge on any atom is -0.352 e. The molecule has 0 aliphatic rings. The molecule has 2 rings (SSSR count). The fourth-order valence-electron chi connectivity index (χ4n) is 1.91. The molecule has 6 nitrogen and oxygen atoms in total. The molecule has 0 atom stereocenters. The summed E-state index contributed by atoms with van der Waals surface area (Å²) >= 11 is 3.15. The molecule has 0 radical (unpaired) electrons. The minimum atomic E-state index is -0.00628. The zero-order valence-electron chi connectivity index (χ0n) is 12.6. The molecule has 0 unspecified atom stereocenters. The van der Waals surface area contributed by atoms with Gasteiger partial charge in [-0.05, 0) is 27.0 Å². The average molecular weight is 325 g/mol. The van der Waals surface area contributed by atoms with Crippen molar-refractivity contribution in [3.8, 4) is 0 Å². The van der Waals surface area contributed by atoms with Gasteiger partial charge >= 0.3 is 0 Å². The number of hydrogen-bond donors (Lipinski definition) is 1. The van der Waals surface area contributed by atoms with Crippen molar-refractivity contribution in [1.29, 1.82) is 0 Å². The molecule has 1 N–H and O–H groups in total. The molecule has 2 aromatic rings. The number of likely N-dealkylation sites (N-methyl/N-ethyl adjacent to an activating group) is 1. The van der Waals surface area contributed by atoms with Crippen molar-refractivity contribution in [1.82, 2.24) is 20.3 Å². The van der Waals surface area contributed by atoms with Crippen molar-refractivity contribution in [3.63, 3.8) is 0 Å². The van der Waals surface area contributed by atoms with Crippen LogP contribution in [-0.4, -0.2) is 46.2 Å². The zero-order chi connectivity index (χ0) is 15.4. The van der Waals surface area contributed by atoms with Crippen molar-refractivity contribution in [2.24, 2.45) is 0 Å². The Balaban J connectivity index is 2.29. The highest BCUT2D eigenvalue weighted by atomic mass is 32.2. The molecule has 0 aliphatic carbocycles. The first kappa shape index (κ1) is 16.0. The molecule has 0 aromatic carbocycles. The van der Waals surface area contributed by atoms with Crippen LogP contribution in [0.5, 0.6) is 0 Å². The Hall–Kier alpha value is -1.41. The number of nitrogens with zero attached hydrogens (tertiary/aromatic N) is 4. The molecule has 21 heavy (non-hydrogen) atoms. The van der Waals surface area contributed by atoms with Crippen LogP contribution in [0.3, 0.4) is 0 Å². The number of carbonyl (C=O) groups is 1. The normalized spacial score (nSPS) is 11.1. The van der Waals surface area contributed by atoms with Crippen molar-refractivity contribution >= 4 is 45.2 Å². The second-order valence-corrected chi connectivity index (χ2v) is 6.82. The van der Waals surface area contributed by atoms with Gasteiger partial charge in [0.1, 0.15) is 11.0 Å². The van der Waals surface area contributed by atoms with Crippen molar-refractivity contribution in [2.75, 3.05) is 24.2 Å². The maximum absolute atomic E-state index is 12.0. The van der Waals surface area contributed by atoms with Gasteiger partial charge in [0.25, 0.3) is 0 Å². The van der Waals surface area contributed by atoms with Crippen molar-refractivity contribution in [2.45, 2.75) is 31.2 Å². The van der Waals surface area contributed by atoms with Crippen molar-refractivity contribution < 1.29 is 4.79 Å². The minimum absolute atomic E-state index is 0.00628. The van der Waals surface area contributed by atoms with Gasteiger partial charge in [0.2, 0.25) is 5.91 Å². The Labute approximate surface area is 132 Å². The number of carbonyl (C=O) groups excluding carboxylic acids is 1. The third-order valence-corrected chi connectivity index (χ3v) is 4.82. The predicted molar refractivity (Wildman–Crippen MR) is 88.2 cm³/mol. The topological polar surface area (TPSA) is 71.0 Å². The number of thioether (sulfide) groups is 1. The summed E-state index contributed by atoms with van der Waals surface area (Å²) in [5, 5.41) is 2.90. The smallest absolute Gasteiger partial charge is 0.239 e. The molecule has 114 valence electrons. The molecule has 2 heterocycles. The second kappa shape index (κ2) is 7.04. The number of amides is 1. The third-order valence-electron chi connectivity index (χ3n) is 2.79. The molecular formula is C13H19N5OS2. The number of anilines is 1. The molecule has 0 aliphatic heterocycles. The van der Waals surface area contributed by atoms with E-state index < -0.39 is 0 Å². The number of hydrogen-bond acceptors (Lipinski definition) is 7. The summed E-state index contributed by atoms with van der Waals surface area (Å²) in [5.41, 5.74) is 0.692. The number of rotatable bonds is 6. The Morgan fingerprint density at radius 1 is 1.48 bits per heavy atom. The van der Waals surface area contributed by atoms with Gasteiger partial charge < -0.3 is 10.2 Å². The predicted octanol–water partition coefficient (Wildman–Crippen LogP) is 2.16. The van der Waals surface area contributed by atoms with E-state index in [0.717, 1.165) is 14.9 Å². The average Bonchev–Trinajstić information content (AvgIpc) is 2.87. The fraction of sp³-hybridized carbons (Fsp3) is 0.538. The number of thiazole rings is 1. The first-order valence-corrected chi connectivity index (χ1v) is 8.79. The molecule has 2 aromatic heterocycles. The van der Waals surface area contributed by atoms with E-state index in [1.165, 1.54) is 6.33 Å². The highest BCUT2D eigenvalue weighted by Crippen LogP contribution is 2.32. The Morgan fingerprint density at radius 3 is 2.86 bits per heavy atom. The van der Waals surface area contributed by atoms with E-state index in [2.05, 4.69) is 20.3 Å². The van der Waals surface area contributed by atoms with E-state index in [1.807, 2.05) is 31.9 Å². The van der Waals surface area contributed by atoms with Gasteiger partial charge in [0.05, 0.1) is 6.54 Å². The van der Waals surface area contributed by atoms with E-state index in [1.54, 1.807) is 23.1 Å². The summed E-state index contributed by atoms with van der Waals surface area (Å²) < 4.78 is 1.88. The Kier molecular flexibility index (Phi) is 5.35. The molecule has 1 amide bonds. The SMILES string of the molecule is CCN(CC(=O)NC(C)C)c1ncnc2nc(SC)sc12. The van der Waals surface area contributed by atoms with Crippen LogP contribution in [0.15, 0.2) is 10.7 Å². The monoisotopic (exact) mass is 325 g/mol. The maximum atomic E-state index is 12.0. The van der Waals surface area contributed by atoms with Crippen LogP contribution in [0, 0.1) is 0 Å². The molecule has 0 fully saturated rings. The zero-order valence-corrected chi connectivity index (χ0v) is 14.2. The summed E-state index contributed by atoms with van der Waals surface area (Å²) in [6, 6.07) is 0.133. The first-order chi connectivity index (χ1) is 10.0. The van der Waals surface area contributed by atoms with Gasteiger partial charge in [-0.3, -0.25) is 4.79 Å². The van der Waals surface area contributed by atoms with E-state index in [-0.39, 0.29) is 18.5 Å². The molecule has 0 saturated heterocycles. The fourth-order valence-corrected chi connectivity index (χ4v) is 3.44. The van der Waals surface area contributed by atoms with Gasteiger partial charge in [0, 0.05) is 12.6 Å². The van der Waals surface area contributed by atoms with Crippen LogP contribution in [0.25, 0.3) is 10.3 Å². The van der Waals surface area contributed by atoms with Gasteiger partial charge in [-0.1, -0.05) is 11.8 Å². The lowest BCUT2D eigenvalue weighted by Gasteiger charge is -2.22. The largest absolute Gasteiger partial charge is 0.352 e.